The summed E-state index contributed by atoms with van der Waals surface area (Å²) in [5, 5.41) is 2.93. The van der Waals surface area contributed by atoms with E-state index >= 15 is 0 Å². The third-order valence-corrected chi connectivity index (χ3v) is 5.62. The molecule has 2 N–H and O–H groups in total. The van der Waals surface area contributed by atoms with Gasteiger partial charge in [0.25, 0.3) is 0 Å². The molecule has 2 aromatic rings. The summed E-state index contributed by atoms with van der Waals surface area (Å²) < 4.78 is 0. The van der Waals surface area contributed by atoms with E-state index in [1.807, 2.05) is 0 Å². The van der Waals surface area contributed by atoms with Gasteiger partial charge in [0.1, 0.15) is 0 Å². The van der Waals surface area contributed by atoms with Crippen molar-refractivity contribution in [2.45, 2.75) is 57.4 Å². The van der Waals surface area contributed by atoms with Crippen molar-refractivity contribution in [2.24, 2.45) is 11.7 Å². The van der Waals surface area contributed by atoms with Gasteiger partial charge in [-0.05, 0) is 52.6 Å². The zero-order chi connectivity index (χ0) is 14.2. The van der Waals surface area contributed by atoms with Crippen LogP contribution >= 0.6 is 0 Å². The molecule has 0 spiro atoms. The van der Waals surface area contributed by atoms with Gasteiger partial charge in [0.2, 0.25) is 0 Å². The fraction of sp³-hybridized carbons (Fsp3) is 0.500. The molecule has 1 fully saturated rings. The lowest BCUT2D eigenvalue weighted by molar-refractivity contribution is 0.319. The van der Waals surface area contributed by atoms with Gasteiger partial charge >= 0.3 is 0 Å². The number of hydrogen-bond acceptors (Lipinski definition) is 1. The van der Waals surface area contributed by atoms with Crippen LogP contribution in [0.5, 0.6) is 0 Å². The fourth-order valence-electron chi connectivity index (χ4n) is 4.50. The zero-order valence-electron chi connectivity index (χ0n) is 12.8. The van der Waals surface area contributed by atoms with Crippen molar-refractivity contribution in [3.05, 3.63) is 47.0 Å². The third kappa shape index (κ3) is 2.38. The van der Waals surface area contributed by atoms with E-state index < -0.39 is 0 Å². The molecule has 1 saturated carbocycles. The topological polar surface area (TPSA) is 26.0 Å². The molecular formula is C20H25N. The first-order chi connectivity index (χ1) is 10.3. The molecular weight excluding hydrogens is 254 g/mol. The first-order valence-electron chi connectivity index (χ1n) is 8.62. The van der Waals surface area contributed by atoms with Crippen molar-refractivity contribution in [3.8, 4) is 0 Å². The number of benzene rings is 2. The lowest BCUT2D eigenvalue weighted by atomic mass is 9.82. The predicted octanol–water partition coefficient (Wildman–Crippen LogP) is 4.91. The van der Waals surface area contributed by atoms with E-state index in [4.69, 9.17) is 5.73 Å². The molecule has 1 nitrogen and oxygen atoms in total. The molecule has 1 atom stereocenters. The van der Waals surface area contributed by atoms with Crippen LogP contribution in [0.2, 0.25) is 0 Å². The highest BCUT2D eigenvalue weighted by molar-refractivity contribution is 5.93. The Hall–Kier alpha value is -1.34. The highest BCUT2D eigenvalue weighted by Crippen LogP contribution is 2.37. The number of hydrogen-bond donors (Lipinski definition) is 1. The van der Waals surface area contributed by atoms with Crippen LogP contribution in [0.25, 0.3) is 10.8 Å². The van der Waals surface area contributed by atoms with Crippen LogP contribution in [0, 0.1) is 5.92 Å². The van der Waals surface area contributed by atoms with Gasteiger partial charge in [0.15, 0.2) is 0 Å². The van der Waals surface area contributed by atoms with Crippen molar-refractivity contribution in [1.29, 1.82) is 0 Å². The predicted molar refractivity (Wildman–Crippen MR) is 89.5 cm³/mol. The van der Waals surface area contributed by atoms with E-state index in [1.54, 1.807) is 0 Å². The fourth-order valence-corrected chi connectivity index (χ4v) is 4.50. The molecule has 2 aliphatic carbocycles. The molecule has 0 heterocycles. The Morgan fingerprint density at radius 1 is 0.952 bits per heavy atom. The smallest absolute Gasteiger partial charge is 0.0303 e. The van der Waals surface area contributed by atoms with Crippen molar-refractivity contribution in [2.75, 3.05) is 0 Å². The van der Waals surface area contributed by atoms with Crippen LogP contribution < -0.4 is 5.73 Å². The maximum Gasteiger partial charge on any atom is 0.0303 e. The van der Waals surface area contributed by atoms with E-state index in [1.165, 1.54) is 78.8 Å². The van der Waals surface area contributed by atoms with E-state index in [-0.39, 0.29) is 6.04 Å². The van der Waals surface area contributed by atoms with E-state index in [9.17, 15) is 0 Å². The molecule has 0 aromatic heterocycles. The molecule has 0 bridgehead atoms. The van der Waals surface area contributed by atoms with Crippen LogP contribution in [-0.4, -0.2) is 0 Å². The molecule has 1 heteroatoms. The van der Waals surface area contributed by atoms with Crippen molar-refractivity contribution < 1.29 is 0 Å². The van der Waals surface area contributed by atoms with Crippen molar-refractivity contribution in [3.63, 3.8) is 0 Å². The minimum atomic E-state index is 0.206. The SMILES string of the molecule is NC(CC1CCCCC1)c1ccc2c3c(cccc13)CC2. The second-order valence-corrected chi connectivity index (χ2v) is 7.00. The lowest BCUT2D eigenvalue weighted by Gasteiger charge is -2.25. The van der Waals surface area contributed by atoms with Gasteiger partial charge in [0, 0.05) is 6.04 Å². The Morgan fingerprint density at radius 3 is 2.52 bits per heavy atom. The Balaban J connectivity index is 1.67. The maximum atomic E-state index is 6.61. The van der Waals surface area contributed by atoms with E-state index in [0.717, 1.165) is 5.92 Å². The number of nitrogens with two attached hydrogens (primary N) is 1. The summed E-state index contributed by atoms with van der Waals surface area (Å²) in [4.78, 5) is 0. The maximum absolute atomic E-state index is 6.61. The summed E-state index contributed by atoms with van der Waals surface area (Å²) in [6.45, 7) is 0. The van der Waals surface area contributed by atoms with E-state index in [0.29, 0.717) is 0 Å². The van der Waals surface area contributed by atoms with Gasteiger partial charge in [-0.25, -0.2) is 0 Å². The average molecular weight is 279 g/mol. The molecule has 110 valence electrons. The molecule has 0 saturated heterocycles. The summed E-state index contributed by atoms with van der Waals surface area (Å²) >= 11 is 0. The van der Waals surface area contributed by atoms with Crippen LogP contribution in [0.15, 0.2) is 30.3 Å². The van der Waals surface area contributed by atoms with Gasteiger partial charge < -0.3 is 5.73 Å². The molecule has 4 rings (SSSR count). The molecule has 2 aromatic carbocycles. The Kier molecular flexibility index (Phi) is 3.46. The Labute approximate surface area is 127 Å². The average Bonchev–Trinajstić information content (AvgIpc) is 2.94. The van der Waals surface area contributed by atoms with Gasteiger partial charge in [0.05, 0.1) is 0 Å². The summed E-state index contributed by atoms with van der Waals surface area (Å²) in [6.07, 6.45) is 10.6. The standard InChI is InChI=1S/C20H25N/c21-19(13-14-5-2-1-3-6-14)17-12-11-16-10-9-15-7-4-8-18(17)20(15)16/h4,7-8,11-12,14,19H,1-3,5-6,9-10,13,21H2. The molecule has 0 aliphatic heterocycles. The molecule has 2 aliphatic rings. The number of aryl methyl sites for hydroxylation is 2. The highest BCUT2D eigenvalue weighted by atomic mass is 14.6. The minimum absolute atomic E-state index is 0.206. The van der Waals surface area contributed by atoms with Gasteiger partial charge in [-0.3, -0.25) is 0 Å². The Morgan fingerprint density at radius 2 is 1.71 bits per heavy atom. The first-order valence-corrected chi connectivity index (χ1v) is 8.62. The second kappa shape index (κ2) is 5.46. The largest absolute Gasteiger partial charge is 0.324 e. The number of rotatable bonds is 3. The van der Waals surface area contributed by atoms with Gasteiger partial charge in [-0.1, -0.05) is 62.4 Å². The van der Waals surface area contributed by atoms with Crippen LogP contribution in [0.1, 0.15) is 61.3 Å². The quantitative estimate of drug-likeness (QED) is 0.849. The molecule has 21 heavy (non-hydrogen) atoms. The minimum Gasteiger partial charge on any atom is -0.324 e. The van der Waals surface area contributed by atoms with Crippen LogP contribution in [0.3, 0.4) is 0 Å². The Bertz CT molecular complexity index is 642. The van der Waals surface area contributed by atoms with Gasteiger partial charge in [-0.2, -0.15) is 0 Å². The van der Waals surface area contributed by atoms with Crippen molar-refractivity contribution >= 4 is 10.8 Å². The third-order valence-electron chi connectivity index (χ3n) is 5.62. The summed E-state index contributed by atoms with van der Waals surface area (Å²) in [5.74, 6) is 0.844. The van der Waals surface area contributed by atoms with Gasteiger partial charge in [-0.15, -0.1) is 0 Å². The molecule has 0 radical (unpaired) electrons. The van der Waals surface area contributed by atoms with Crippen molar-refractivity contribution in [1.82, 2.24) is 0 Å². The summed E-state index contributed by atoms with van der Waals surface area (Å²) in [6, 6.07) is 11.6. The second-order valence-electron chi connectivity index (χ2n) is 7.00. The normalized spacial score (nSPS) is 20.0. The molecule has 0 amide bonds. The zero-order valence-corrected chi connectivity index (χ0v) is 12.8. The molecule has 1 unspecified atom stereocenters. The summed E-state index contributed by atoms with van der Waals surface area (Å²) in [7, 11) is 0. The summed E-state index contributed by atoms with van der Waals surface area (Å²) in [5.41, 5.74) is 11.0. The van der Waals surface area contributed by atoms with E-state index in [2.05, 4.69) is 30.3 Å². The van der Waals surface area contributed by atoms with Crippen LogP contribution in [0.4, 0.5) is 0 Å². The monoisotopic (exact) mass is 279 g/mol. The lowest BCUT2D eigenvalue weighted by Crippen LogP contribution is -2.17. The first kappa shape index (κ1) is 13.3. The highest BCUT2D eigenvalue weighted by Gasteiger charge is 2.21. The van der Waals surface area contributed by atoms with Crippen LogP contribution in [-0.2, 0) is 12.8 Å².